The monoisotopic (exact) mass is 227 g/mol. The fraction of sp³-hybridized carbons (Fsp3) is 0.455. The Morgan fingerprint density at radius 3 is 2.80 bits per heavy atom. The molecule has 1 aromatic rings. The first-order valence-corrected chi connectivity index (χ1v) is 5.41. The molecule has 1 atom stereocenters. The van der Waals surface area contributed by atoms with Crippen LogP contribution in [0.15, 0.2) is 24.3 Å². The highest BCUT2D eigenvalue weighted by atomic mass is 35.5. The van der Waals surface area contributed by atoms with Crippen molar-refractivity contribution in [2.45, 2.75) is 12.5 Å². The maximum Gasteiger partial charge on any atom is 0.147 e. The van der Waals surface area contributed by atoms with E-state index < -0.39 is 0 Å². The van der Waals surface area contributed by atoms with Crippen molar-refractivity contribution in [2.24, 2.45) is 0 Å². The van der Waals surface area contributed by atoms with Gasteiger partial charge in [-0.25, -0.2) is 0 Å². The van der Waals surface area contributed by atoms with Crippen LogP contribution in [0.2, 0.25) is 5.02 Å². The van der Waals surface area contributed by atoms with Crippen molar-refractivity contribution < 1.29 is 9.47 Å². The van der Waals surface area contributed by atoms with Gasteiger partial charge in [0.25, 0.3) is 0 Å². The van der Waals surface area contributed by atoms with E-state index in [1.54, 1.807) is 0 Å². The molecule has 1 saturated heterocycles. The lowest BCUT2D eigenvalue weighted by atomic mass is 10.2. The number of benzene rings is 1. The Balaban J connectivity index is 1.79. The van der Waals surface area contributed by atoms with E-state index in [4.69, 9.17) is 21.1 Å². The molecular weight excluding hydrogens is 214 g/mol. The minimum atomic E-state index is 0.245. The first-order chi connectivity index (χ1) is 7.34. The molecule has 4 heteroatoms. The summed E-state index contributed by atoms with van der Waals surface area (Å²) in [5.41, 5.74) is 1.06. The standard InChI is InChI=1S/C11H14ClNO2/c12-9-1-3-10(4-2-9)13-7-11-5-6-14-8-15-11/h1-4,11,13H,5-8H2. The molecule has 0 aliphatic carbocycles. The lowest BCUT2D eigenvalue weighted by Gasteiger charge is -2.23. The molecule has 82 valence electrons. The van der Waals surface area contributed by atoms with Crippen LogP contribution >= 0.6 is 11.6 Å². The largest absolute Gasteiger partial charge is 0.382 e. The van der Waals surface area contributed by atoms with E-state index in [2.05, 4.69) is 5.32 Å². The zero-order valence-electron chi connectivity index (χ0n) is 8.41. The van der Waals surface area contributed by atoms with E-state index in [9.17, 15) is 0 Å². The fourth-order valence-corrected chi connectivity index (χ4v) is 1.59. The van der Waals surface area contributed by atoms with Crippen LogP contribution in [-0.2, 0) is 9.47 Å². The van der Waals surface area contributed by atoms with Crippen molar-refractivity contribution in [2.75, 3.05) is 25.3 Å². The Kier molecular flexibility index (Phi) is 3.83. The highest BCUT2D eigenvalue weighted by molar-refractivity contribution is 6.30. The quantitative estimate of drug-likeness (QED) is 0.861. The second-order valence-electron chi connectivity index (χ2n) is 3.49. The van der Waals surface area contributed by atoms with Crippen molar-refractivity contribution in [1.82, 2.24) is 0 Å². The number of ether oxygens (including phenoxy) is 2. The molecule has 0 amide bonds. The Bertz CT molecular complexity index is 296. The number of anilines is 1. The molecule has 0 spiro atoms. The normalized spacial score (nSPS) is 21.3. The number of hydrogen-bond acceptors (Lipinski definition) is 3. The van der Waals surface area contributed by atoms with E-state index in [-0.39, 0.29) is 6.10 Å². The molecule has 1 aliphatic rings. The second kappa shape index (κ2) is 5.35. The zero-order valence-corrected chi connectivity index (χ0v) is 9.17. The van der Waals surface area contributed by atoms with E-state index >= 15 is 0 Å². The van der Waals surface area contributed by atoms with Crippen LogP contribution in [0.1, 0.15) is 6.42 Å². The highest BCUT2D eigenvalue weighted by Gasteiger charge is 2.13. The molecule has 1 N–H and O–H groups in total. The van der Waals surface area contributed by atoms with E-state index in [1.807, 2.05) is 24.3 Å². The van der Waals surface area contributed by atoms with Crippen LogP contribution < -0.4 is 5.32 Å². The number of halogens is 1. The minimum absolute atomic E-state index is 0.245. The molecule has 1 aromatic carbocycles. The van der Waals surface area contributed by atoms with Gasteiger partial charge >= 0.3 is 0 Å². The smallest absolute Gasteiger partial charge is 0.147 e. The molecule has 1 fully saturated rings. The van der Waals surface area contributed by atoms with Gasteiger partial charge in [-0.2, -0.15) is 0 Å². The van der Waals surface area contributed by atoms with E-state index in [0.29, 0.717) is 6.79 Å². The summed E-state index contributed by atoms with van der Waals surface area (Å²) < 4.78 is 10.5. The third kappa shape index (κ3) is 3.38. The van der Waals surface area contributed by atoms with Gasteiger partial charge in [-0.3, -0.25) is 0 Å². The molecule has 1 heterocycles. The zero-order chi connectivity index (χ0) is 10.5. The van der Waals surface area contributed by atoms with Gasteiger partial charge in [-0.1, -0.05) is 11.6 Å². The van der Waals surface area contributed by atoms with Crippen molar-refractivity contribution in [3.8, 4) is 0 Å². The summed E-state index contributed by atoms with van der Waals surface area (Å²) in [6.45, 7) is 2.00. The van der Waals surface area contributed by atoms with E-state index in [0.717, 1.165) is 30.3 Å². The van der Waals surface area contributed by atoms with Gasteiger partial charge in [-0.15, -0.1) is 0 Å². The fourth-order valence-electron chi connectivity index (χ4n) is 1.46. The molecule has 3 nitrogen and oxygen atoms in total. The Morgan fingerprint density at radius 2 is 2.13 bits per heavy atom. The van der Waals surface area contributed by atoms with Gasteiger partial charge in [0.05, 0.1) is 12.7 Å². The summed E-state index contributed by atoms with van der Waals surface area (Å²) in [7, 11) is 0. The van der Waals surface area contributed by atoms with Gasteiger partial charge in [0, 0.05) is 17.3 Å². The molecule has 0 bridgehead atoms. The molecule has 1 aliphatic heterocycles. The molecule has 15 heavy (non-hydrogen) atoms. The second-order valence-corrected chi connectivity index (χ2v) is 3.93. The SMILES string of the molecule is Clc1ccc(NCC2CCOCO2)cc1. The minimum Gasteiger partial charge on any atom is -0.382 e. The molecule has 1 unspecified atom stereocenters. The summed E-state index contributed by atoms with van der Waals surface area (Å²) in [6, 6.07) is 7.66. The van der Waals surface area contributed by atoms with Crippen molar-refractivity contribution in [3.05, 3.63) is 29.3 Å². The van der Waals surface area contributed by atoms with Gasteiger partial charge in [-0.05, 0) is 30.7 Å². The maximum absolute atomic E-state index is 5.79. The highest BCUT2D eigenvalue weighted by Crippen LogP contribution is 2.14. The van der Waals surface area contributed by atoms with Gasteiger partial charge in [0.1, 0.15) is 6.79 Å². The van der Waals surface area contributed by atoms with Crippen LogP contribution in [0.4, 0.5) is 5.69 Å². The number of rotatable bonds is 3. The van der Waals surface area contributed by atoms with Crippen LogP contribution in [-0.4, -0.2) is 26.0 Å². The molecule has 0 radical (unpaired) electrons. The Labute approximate surface area is 94.3 Å². The third-order valence-electron chi connectivity index (χ3n) is 2.35. The van der Waals surface area contributed by atoms with Crippen LogP contribution in [0, 0.1) is 0 Å². The van der Waals surface area contributed by atoms with E-state index in [1.165, 1.54) is 0 Å². The molecule has 0 saturated carbocycles. The summed E-state index contributed by atoms with van der Waals surface area (Å²) >= 11 is 5.79. The van der Waals surface area contributed by atoms with Crippen LogP contribution in [0.3, 0.4) is 0 Å². The number of nitrogens with one attached hydrogen (secondary N) is 1. The summed E-state index contributed by atoms with van der Waals surface area (Å²) in [6.07, 6.45) is 1.19. The van der Waals surface area contributed by atoms with Crippen LogP contribution in [0.5, 0.6) is 0 Å². The van der Waals surface area contributed by atoms with Crippen molar-refractivity contribution in [3.63, 3.8) is 0 Å². The Hall–Kier alpha value is -0.770. The topological polar surface area (TPSA) is 30.5 Å². The lowest BCUT2D eigenvalue weighted by molar-refractivity contribution is -0.133. The predicted molar refractivity (Wildman–Crippen MR) is 60.3 cm³/mol. The van der Waals surface area contributed by atoms with Gasteiger partial charge < -0.3 is 14.8 Å². The third-order valence-corrected chi connectivity index (χ3v) is 2.60. The molecule has 0 aromatic heterocycles. The first-order valence-electron chi connectivity index (χ1n) is 5.03. The average Bonchev–Trinajstić information content (AvgIpc) is 2.30. The summed E-state index contributed by atoms with van der Waals surface area (Å²) in [5.74, 6) is 0. The summed E-state index contributed by atoms with van der Waals surface area (Å²) in [5, 5.41) is 4.06. The molecule has 2 rings (SSSR count). The first kappa shape index (κ1) is 10.7. The van der Waals surface area contributed by atoms with Gasteiger partial charge in [0.2, 0.25) is 0 Å². The van der Waals surface area contributed by atoms with Crippen molar-refractivity contribution in [1.29, 1.82) is 0 Å². The van der Waals surface area contributed by atoms with Gasteiger partial charge in [0.15, 0.2) is 0 Å². The average molecular weight is 228 g/mol. The predicted octanol–water partition coefficient (Wildman–Crippen LogP) is 2.51. The van der Waals surface area contributed by atoms with Crippen molar-refractivity contribution >= 4 is 17.3 Å². The lowest BCUT2D eigenvalue weighted by Crippen LogP contribution is -2.30. The maximum atomic E-state index is 5.79. The Morgan fingerprint density at radius 1 is 1.33 bits per heavy atom. The number of hydrogen-bond donors (Lipinski definition) is 1. The summed E-state index contributed by atoms with van der Waals surface area (Å²) in [4.78, 5) is 0. The molecular formula is C11H14ClNO2. The van der Waals surface area contributed by atoms with Crippen LogP contribution in [0.25, 0.3) is 0 Å².